The van der Waals surface area contributed by atoms with Crippen molar-refractivity contribution in [3.63, 3.8) is 0 Å². The van der Waals surface area contributed by atoms with Gasteiger partial charge >= 0.3 is 6.18 Å². The number of halogens is 3. The van der Waals surface area contributed by atoms with Gasteiger partial charge in [0.2, 0.25) is 0 Å². The van der Waals surface area contributed by atoms with Crippen LogP contribution in [0.5, 0.6) is 11.5 Å². The summed E-state index contributed by atoms with van der Waals surface area (Å²) in [7, 11) is 3.04. The summed E-state index contributed by atoms with van der Waals surface area (Å²) in [5.41, 5.74) is 0.478. The molecule has 29 heavy (non-hydrogen) atoms. The van der Waals surface area contributed by atoms with Crippen molar-refractivity contribution in [2.75, 3.05) is 40.4 Å². The van der Waals surface area contributed by atoms with Crippen LogP contribution in [0.2, 0.25) is 0 Å². The monoisotopic (exact) mass is 408 g/mol. The van der Waals surface area contributed by atoms with Gasteiger partial charge in [0.05, 0.1) is 19.8 Å². The maximum atomic E-state index is 12.9. The molecule has 1 heterocycles. The minimum Gasteiger partial charge on any atom is -0.493 e. The molecule has 0 N–H and O–H groups in total. The molecule has 0 aliphatic carbocycles. The molecular formula is C21H23F3N2O3. The van der Waals surface area contributed by atoms with Crippen molar-refractivity contribution in [3.05, 3.63) is 59.2 Å². The second kappa shape index (κ2) is 8.73. The van der Waals surface area contributed by atoms with Crippen LogP contribution >= 0.6 is 0 Å². The molecule has 1 amide bonds. The third kappa shape index (κ3) is 5.00. The highest BCUT2D eigenvalue weighted by Crippen LogP contribution is 2.30. The van der Waals surface area contributed by atoms with E-state index < -0.39 is 11.7 Å². The third-order valence-electron chi connectivity index (χ3n) is 4.95. The molecule has 5 nitrogen and oxygen atoms in total. The number of alkyl halides is 3. The lowest BCUT2D eigenvalue weighted by molar-refractivity contribution is -0.137. The van der Waals surface area contributed by atoms with Crippen molar-refractivity contribution < 1.29 is 27.4 Å². The zero-order valence-corrected chi connectivity index (χ0v) is 16.3. The van der Waals surface area contributed by atoms with E-state index in [9.17, 15) is 18.0 Å². The fourth-order valence-corrected chi connectivity index (χ4v) is 3.37. The van der Waals surface area contributed by atoms with Crippen molar-refractivity contribution in [2.24, 2.45) is 0 Å². The van der Waals surface area contributed by atoms with Crippen LogP contribution < -0.4 is 9.47 Å². The van der Waals surface area contributed by atoms with E-state index in [4.69, 9.17) is 9.47 Å². The number of ether oxygens (including phenoxy) is 2. The lowest BCUT2D eigenvalue weighted by Gasteiger charge is -2.35. The van der Waals surface area contributed by atoms with Crippen molar-refractivity contribution in [1.29, 1.82) is 0 Å². The van der Waals surface area contributed by atoms with Gasteiger partial charge in [0.15, 0.2) is 11.5 Å². The Hall–Kier alpha value is -2.74. The molecule has 0 spiro atoms. The number of benzene rings is 2. The molecule has 8 heteroatoms. The molecule has 0 saturated carbocycles. The summed E-state index contributed by atoms with van der Waals surface area (Å²) in [4.78, 5) is 16.6. The van der Waals surface area contributed by atoms with Gasteiger partial charge in [-0.3, -0.25) is 9.69 Å². The molecule has 2 aromatic rings. The summed E-state index contributed by atoms with van der Waals surface area (Å²) in [5.74, 6) is 0.932. The summed E-state index contributed by atoms with van der Waals surface area (Å²) >= 11 is 0. The van der Waals surface area contributed by atoms with E-state index in [2.05, 4.69) is 0 Å². The number of piperazine rings is 1. The fraction of sp³-hybridized carbons (Fsp3) is 0.381. The smallest absolute Gasteiger partial charge is 0.416 e. The Morgan fingerprint density at radius 3 is 2.28 bits per heavy atom. The van der Waals surface area contributed by atoms with Gasteiger partial charge < -0.3 is 14.4 Å². The highest BCUT2D eigenvalue weighted by atomic mass is 19.4. The second-order valence-electron chi connectivity index (χ2n) is 6.84. The van der Waals surface area contributed by atoms with Crippen molar-refractivity contribution >= 4 is 5.91 Å². The van der Waals surface area contributed by atoms with E-state index in [0.717, 1.165) is 6.07 Å². The molecule has 0 bridgehead atoms. The van der Waals surface area contributed by atoms with E-state index >= 15 is 0 Å². The highest BCUT2D eigenvalue weighted by Gasteiger charge is 2.30. The topological polar surface area (TPSA) is 42.0 Å². The summed E-state index contributed by atoms with van der Waals surface area (Å²) in [5, 5.41) is 0. The van der Waals surface area contributed by atoms with E-state index in [1.54, 1.807) is 29.2 Å². The molecule has 0 aromatic heterocycles. The Morgan fingerprint density at radius 2 is 1.66 bits per heavy atom. The first-order valence-electron chi connectivity index (χ1n) is 9.21. The number of amides is 1. The standard InChI is InChI=1S/C21H23F3N2O3/c1-28-18-7-6-16(13-19(18)29-2)20(27)26-10-8-25(9-11-26)14-15-4-3-5-17(12-15)21(22,23)24/h3-7,12-13H,8-11,14H2,1-2H3. The van der Waals surface area contributed by atoms with Crippen molar-refractivity contribution in [3.8, 4) is 11.5 Å². The summed E-state index contributed by atoms with van der Waals surface area (Å²) < 4.78 is 49.1. The van der Waals surface area contributed by atoms with E-state index in [1.807, 2.05) is 4.90 Å². The van der Waals surface area contributed by atoms with Crippen LogP contribution in [0.15, 0.2) is 42.5 Å². The average Bonchev–Trinajstić information content (AvgIpc) is 2.73. The fourth-order valence-electron chi connectivity index (χ4n) is 3.37. The predicted octanol–water partition coefficient (Wildman–Crippen LogP) is 3.68. The minimum absolute atomic E-state index is 0.107. The van der Waals surface area contributed by atoms with Gasteiger partial charge in [0.25, 0.3) is 5.91 Å². The molecular weight excluding hydrogens is 385 g/mol. The van der Waals surface area contributed by atoms with E-state index in [0.29, 0.717) is 55.3 Å². The number of carbonyl (C=O) groups is 1. The number of rotatable bonds is 5. The molecule has 2 aromatic carbocycles. The first-order chi connectivity index (χ1) is 13.8. The van der Waals surface area contributed by atoms with Gasteiger partial charge in [-0.25, -0.2) is 0 Å². The van der Waals surface area contributed by atoms with Crippen LogP contribution in [0.4, 0.5) is 13.2 Å². The zero-order valence-electron chi connectivity index (χ0n) is 16.3. The molecule has 1 fully saturated rings. The van der Waals surface area contributed by atoms with Crippen LogP contribution in [-0.2, 0) is 12.7 Å². The SMILES string of the molecule is COc1ccc(C(=O)N2CCN(Cc3cccc(C(F)(F)F)c3)CC2)cc1OC. The Morgan fingerprint density at radius 1 is 0.966 bits per heavy atom. The molecule has 3 rings (SSSR count). The lowest BCUT2D eigenvalue weighted by atomic mass is 10.1. The average molecular weight is 408 g/mol. The van der Waals surface area contributed by atoms with Crippen LogP contribution in [-0.4, -0.2) is 56.1 Å². The normalized spacial score (nSPS) is 15.3. The number of hydrogen-bond acceptors (Lipinski definition) is 4. The Kier molecular flexibility index (Phi) is 6.32. The summed E-state index contributed by atoms with van der Waals surface area (Å²) in [6.07, 6.45) is -4.35. The summed E-state index contributed by atoms with van der Waals surface area (Å²) in [6.45, 7) is 2.62. The molecule has 0 radical (unpaired) electrons. The first-order valence-corrected chi connectivity index (χ1v) is 9.21. The molecule has 1 saturated heterocycles. The van der Waals surface area contributed by atoms with Gasteiger partial charge in [0, 0.05) is 38.3 Å². The van der Waals surface area contributed by atoms with Gasteiger partial charge in [-0.05, 0) is 29.8 Å². The van der Waals surface area contributed by atoms with Gasteiger partial charge in [-0.1, -0.05) is 18.2 Å². The molecule has 156 valence electrons. The maximum absolute atomic E-state index is 12.9. The van der Waals surface area contributed by atoms with Crippen LogP contribution in [0.1, 0.15) is 21.5 Å². The van der Waals surface area contributed by atoms with E-state index in [1.165, 1.54) is 26.4 Å². The minimum atomic E-state index is -4.35. The Bertz CT molecular complexity index is 862. The molecule has 1 aliphatic rings. The van der Waals surface area contributed by atoms with E-state index in [-0.39, 0.29) is 5.91 Å². The number of hydrogen-bond donors (Lipinski definition) is 0. The van der Waals surface area contributed by atoms with Crippen LogP contribution in [0.25, 0.3) is 0 Å². The maximum Gasteiger partial charge on any atom is 0.416 e. The van der Waals surface area contributed by atoms with Crippen molar-refractivity contribution in [1.82, 2.24) is 9.80 Å². The van der Waals surface area contributed by atoms with Crippen LogP contribution in [0.3, 0.4) is 0 Å². The molecule has 0 unspecified atom stereocenters. The van der Waals surface area contributed by atoms with Crippen LogP contribution in [0, 0.1) is 0 Å². The van der Waals surface area contributed by atoms with Gasteiger partial charge in [0.1, 0.15) is 0 Å². The second-order valence-corrected chi connectivity index (χ2v) is 6.84. The highest BCUT2D eigenvalue weighted by molar-refractivity contribution is 5.95. The largest absolute Gasteiger partial charge is 0.493 e. The van der Waals surface area contributed by atoms with Gasteiger partial charge in [-0.2, -0.15) is 13.2 Å². The Labute approximate surface area is 167 Å². The quantitative estimate of drug-likeness (QED) is 0.757. The third-order valence-corrected chi connectivity index (χ3v) is 4.95. The number of methoxy groups -OCH3 is 2. The number of nitrogens with zero attached hydrogens (tertiary/aromatic N) is 2. The summed E-state index contributed by atoms with van der Waals surface area (Å²) in [6, 6.07) is 10.4. The van der Waals surface area contributed by atoms with Gasteiger partial charge in [-0.15, -0.1) is 0 Å². The van der Waals surface area contributed by atoms with Crippen molar-refractivity contribution in [2.45, 2.75) is 12.7 Å². The lowest BCUT2D eigenvalue weighted by Crippen LogP contribution is -2.48. The number of carbonyl (C=O) groups excluding carboxylic acids is 1. The molecule has 1 aliphatic heterocycles. The molecule has 0 atom stereocenters. The Balaban J connectivity index is 1.60. The first kappa shape index (κ1) is 21.0. The predicted molar refractivity (Wildman–Crippen MR) is 102 cm³/mol. The zero-order chi connectivity index (χ0) is 21.0.